The van der Waals surface area contributed by atoms with E-state index in [0.29, 0.717) is 37.7 Å². The Kier molecular flexibility index (Phi) is 6.12. The van der Waals surface area contributed by atoms with E-state index in [1.54, 1.807) is 24.8 Å². The van der Waals surface area contributed by atoms with Gasteiger partial charge in [-0.3, -0.25) is 9.78 Å². The lowest BCUT2D eigenvalue weighted by molar-refractivity contribution is 0.0766. The van der Waals surface area contributed by atoms with Gasteiger partial charge in [-0.1, -0.05) is 6.07 Å². The second-order valence-electron chi connectivity index (χ2n) is 7.26. The molecule has 1 aliphatic heterocycles. The molecule has 30 heavy (non-hydrogen) atoms. The molecule has 0 N–H and O–H groups in total. The Morgan fingerprint density at radius 3 is 2.50 bits per heavy atom. The van der Waals surface area contributed by atoms with Gasteiger partial charge in [0.15, 0.2) is 0 Å². The molecule has 154 valence electrons. The van der Waals surface area contributed by atoms with Crippen molar-refractivity contribution in [2.45, 2.75) is 13.0 Å². The number of hydrogen-bond donors (Lipinski definition) is 0. The summed E-state index contributed by atoms with van der Waals surface area (Å²) in [5.41, 5.74) is 1.58. The van der Waals surface area contributed by atoms with Crippen LogP contribution in [-0.4, -0.2) is 64.0 Å². The second kappa shape index (κ2) is 9.30. The van der Waals surface area contributed by atoms with Crippen molar-refractivity contribution in [1.29, 1.82) is 0 Å². The van der Waals surface area contributed by atoms with Crippen LogP contribution >= 0.6 is 0 Å². The lowest BCUT2D eigenvalue weighted by atomic mass is 10.2. The third-order valence-corrected chi connectivity index (χ3v) is 5.13. The molecule has 8 heteroatoms. The molecular formula is C22H25N7O. The van der Waals surface area contributed by atoms with E-state index in [9.17, 15) is 4.79 Å². The van der Waals surface area contributed by atoms with Gasteiger partial charge in [-0.2, -0.15) is 0 Å². The normalized spacial score (nSPS) is 14.3. The van der Waals surface area contributed by atoms with Crippen LogP contribution in [0.1, 0.15) is 22.5 Å². The lowest BCUT2D eigenvalue weighted by Crippen LogP contribution is -2.35. The van der Waals surface area contributed by atoms with Crippen LogP contribution in [0.5, 0.6) is 0 Å². The van der Waals surface area contributed by atoms with Crippen molar-refractivity contribution in [2.75, 3.05) is 43.0 Å². The molecule has 1 amide bonds. The zero-order valence-corrected chi connectivity index (χ0v) is 17.1. The van der Waals surface area contributed by atoms with Crippen LogP contribution in [0.2, 0.25) is 0 Å². The summed E-state index contributed by atoms with van der Waals surface area (Å²) in [7, 11) is 1.97. The molecule has 0 aromatic carbocycles. The highest BCUT2D eigenvalue weighted by Gasteiger charge is 2.21. The van der Waals surface area contributed by atoms with Crippen LogP contribution < -0.4 is 9.80 Å². The van der Waals surface area contributed by atoms with Gasteiger partial charge in [0.1, 0.15) is 5.82 Å². The highest BCUT2D eigenvalue weighted by atomic mass is 16.2. The average Bonchev–Trinajstić information content (AvgIpc) is 3.06. The molecule has 1 aliphatic rings. The second-order valence-corrected chi connectivity index (χ2v) is 7.26. The monoisotopic (exact) mass is 403 g/mol. The first-order chi connectivity index (χ1) is 14.7. The maximum atomic E-state index is 13.0. The predicted octanol–water partition coefficient (Wildman–Crippen LogP) is 2.26. The van der Waals surface area contributed by atoms with Crippen molar-refractivity contribution in [3.63, 3.8) is 0 Å². The minimum absolute atomic E-state index is 0.0114. The first-order valence-electron chi connectivity index (χ1n) is 10.1. The Bertz CT molecular complexity index is 950. The topological polar surface area (TPSA) is 78.4 Å². The first kappa shape index (κ1) is 19.8. The van der Waals surface area contributed by atoms with Crippen LogP contribution in [0.15, 0.2) is 61.2 Å². The lowest BCUT2D eigenvalue weighted by Gasteiger charge is -2.22. The number of carbonyl (C=O) groups is 1. The minimum Gasteiger partial charge on any atom is -0.354 e. The van der Waals surface area contributed by atoms with Gasteiger partial charge in [0.05, 0.1) is 17.8 Å². The number of anilines is 2. The fourth-order valence-electron chi connectivity index (χ4n) is 3.51. The van der Waals surface area contributed by atoms with Crippen LogP contribution in [-0.2, 0) is 6.54 Å². The Labute approximate surface area is 176 Å². The summed E-state index contributed by atoms with van der Waals surface area (Å²) in [6.07, 6.45) is 7.81. The van der Waals surface area contributed by atoms with Crippen LogP contribution in [0.4, 0.5) is 11.8 Å². The smallest absolute Gasteiger partial charge is 0.255 e. The van der Waals surface area contributed by atoms with E-state index < -0.39 is 0 Å². The van der Waals surface area contributed by atoms with Gasteiger partial charge in [0, 0.05) is 58.0 Å². The SMILES string of the molecule is CN(Cc1ccccn1)c1ccc(C(=O)N2CCCN(c3ncccn3)CC2)cn1. The average molecular weight is 403 g/mol. The third-order valence-electron chi connectivity index (χ3n) is 5.13. The molecule has 1 saturated heterocycles. The number of rotatable bonds is 5. The minimum atomic E-state index is 0.0114. The Morgan fingerprint density at radius 1 is 0.933 bits per heavy atom. The van der Waals surface area contributed by atoms with E-state index in [0.717, 1.165) is 24.5 Å². The number of carbonyl (C=O) groups excluding carboxylic acids is 1. The molecule has 3 aromatic heterocycles. The van der Waals surface area contributed by atoms with Gasteiger partial charge in [-0.25, -0.2) is 15.0 Å². The molecular weight excluding hydrogens is 378 g/mol. The maximum absolute atomic E-state index is 13.0. The highest BCUT2D eigenvalue weighted by Crippen LogP contribution is 2.16. The van der Waals surface area contributed by atoms with Gasteiger partial charge in [0.2, 0.25) is 5.95 Å². The van der Waals surface area contributed by atoms with Gasteiger partial charge in [0.25, 0.3) is 5.91 Å². The Hall–Kier alpha value is -3.55. The molecule has 0 spiro atoms. The first-order valence-corrected chi connectivity index (χ1v) is 10.1. The van der Waals surface area contributed by atoms with E-state index >= 15 is 0 Å². The molecule has 0 bridgehead atoms. The standard InChI is InChI=1S/C22H25N7O/c1-27(17-19-6-2-3-9-23-19)20-8-7-18(16-26-20)21(30)28-12-5-13-29(15-14-28)22-24-10-4-11-25-22/h2-4,6-11,16H,5,12-15,17H2,1H3. The molecule has 0 atom stereocenters. The van der Waals surface area contributed by atoms with E-state index in [4.69, 9.17) is 0 Å². The summed E-state index contributed by atoms with van der Waals surface area (Å²) >= 11 is 0. The number of amides is 1. The van der Waals surface area contributed by atoms with Gasteiger partial charge in [-0.15, -0.1) is 0 Å². The summed E-state index contributed by atoms with van der Waals surface area (Å²) < 4.78 is 0. The zero-order chi connectivity index (χ0) is 20.8. The molecule has 0 radical (unpaired) electrons. The summed E-state index contributed by atoms with van der Waals surface area (Å²) in [4.78, 5) is 36.5. The number of hydrogen-bond acceptors (Lipinski definition) is 7. The van der Waals surface area contributed by atoms with E-state index in [1.807, 2.05) is 53.2 Å². The summed E-state index contributed by atoms with van der Waals surface area (Å²) in [6.45, 7) is 3.56. The largest absolute Gasteiger partial charge is 0.354 e. The van der Waals surface area contributed by atoms with Crippen molar-refractivity contribution >= 4 is 17.7 Å². The predicted molar refractivity (Wildman–Crippen MR) is 115 cm³/mol. The summed E-state index contributed by atoms with van der Waals surface area (Å²) in [5.74, 6) is 1.53. The van der Waals surface area contributed by atoms with Gasteiger partial charge >= 0.3 is 0 Å². The maximum Gasteiger partial charge on any atom is 0.255 e. The van der Waals surface area contributed by atoms with Crippen molar-refractivity contribution in [3.05, 3.63) is 72.4 Å². The molecule has 0 unspecified atom stereocenters. The van der Waals surface area contributed by atoms with E-state index in [1.165, 1.54) is 0 Å². The molecule has 0 aliphatic carbocycles. The highest BCUT2D eigenvalue weighted by molar-refractivity contribution is 5.94. The molecule has 0 saturated carbocycles. The number of aromatic nitrogens is 4. The summed E-state index contributed by atoms with van der Waals surface area (Å²) in [5, 5.41) is 0. The Balaban J connectivity index is 1.37. The Morgan fingerprint density at radius 2 is 1.77 bits per heavy atom. The van der Waals surface area contributed by atoms with Crippen molar-refractivity contribution in [1.82, 2.24) is 24.8 Å². The molecule has 1 fully saturated rings. The third kappa shape index (κ3) is 4.71. The fraction of sp³-hybridized carbons (Fsp3) is 0.318. The van der Waals surface area contributed by atoms with Crippen LogP contribution in [0.25, 0.3) is 0 Å². The molecule has 4 heterocycles. The van der Waals surface area contributed by atoms with E-state index in [2.05, 4.69) is 24.8 Å². The number of pyridine rings is 2. The molecule has 8 nitrogen and oxygen atoms in total. The summed E-state index contributed by atoms with van der Waals surface area (Å²) in [6, 6.07) is 11.4. The van der Waals surface area contributed by atoms with Crippen molar-refractivity contribution < 1.29 is 4.79 Å². The van der Waals surface area contributed by atoms with Crippen molar-refractivity contribution in [3.8, 4) is 0 Å². The van der Waals surface area contributed by atoms with Crippen LogP contribution in [0.3, 0.4) is 0 Å². The molecule has 3 aromatic rings. The van der Waals surface area contributed by atoms with Crippen LogP contribution in [0, 0.1) is 0 Å². The van der Waals surface area contributed by atoms with E-state index in [-0.39, 0.29) is 5.91 Å². The van der Waals surface area contributed by atoms with Gasteiger partial charge in [-0.05, 0) is 36.8 Å². The molecule has 4 rings (SSSR count). The zero-order valence-electron chi connectivity index (χ0n) is 17.1. The van der Waals surface area contributed by atoms with Crippen molar-refractivity contribution in [2.24, 2.45) is 0 Å². The van der Waals surface area contributed by atoms with Gasteiger partial charge < -0.3 is 14.7 Å². The fourth-order valence-corrected chi connectivity index (χ4v) is 3.51. The number of nitrogens with zero attached hydrogens (tertiary/aromatic N) is 7. The quantitative estimate of drug-likeness (QED) is 0.646.